The second-order valence-corrected chi connectivity index (χ2v) is 9.52. The van der Waals surface area contributed by atoms with Gasteiger partial charge in [0.2, 0.25) is 5.17 Å². The van der Waals surface area contributed by atoms with E-state index in [4.69, 9.17) is 9.98 Å². The number of nitrogens with zero attached hydrogens (tertiary/aromatic N) is 6. The average molecular weight is 519 g/mol. The summed E-state index contributed by atoms with van der Waals surface area (Å²) in [5.74, 6) is 0.792. The SMILES string of the molecule is CN(C)c1ccc(/C=N/N=C2\SC(=Nc3ccccc3)C(=Nc3ccccc3)N2c2ccccc2)c(O)c1. The molecule has 0 aliphatic carbocycles. The van der Waals surface area contributed by atoms with Crippen LogP contribution < -0.4 is 9.80 Å². The molecule has 0 bridgehead atoms. The van der Waals surface area contributed by atoms with E-state index >= 15 is 0 Å². The summed E-state index contributed by atoms with van der Waals surface area (Å²) in [5.41, 5.74) is 3.99. The van der Waals surface area contributed by atoms with Crippen molar-refractivity contribution in [2.75, 3.05) is 23.9 Å². The normalized spacial score (nSPS) is 16.7. The van der Waals surface area contributed by atoms with Crippen molar-refractivity contribution in [1.29, 1.82) is 0 Å². The number of para-hydroxylation sites is 3. The Morgan fingerprint density at radius 1 is 0.763 bits per heavy atom. The predicted molar refractivity (Wildman–Crippen MR) is 161 cm³/mol. The fourth-order valence-electron chi connectivity index (χ4n) is 3.71. The Morgan fingerprint density at radius 3 is 1.97 bits per heavy atom. The van der Waals surface area contributed by atoms with Crippen molar-refractivity contribution in [2.24, 2.45) is 20.2 Å². The van der Waals surface area contributed by atoms with E-state index in [0.717, 1.165) is 22.7 Å². The van der Waals surface area contributed by atoms with Crippen molar-refractivity contribution in [3.05, 3.63) is 115 Å². The second-order valence-electron chi connectivity index (χ2n) is 8.56. The van der Waals surface area contributed by atoms with Gasteiger partial charge in [-0.2, -0.15) is 5.10 Å². The fourth-order valence-corrected chi connectivity index (χ4v) is 4.64. The number of hydrogen-bond donors (Lipinski definition) is 1. The molecule has 1 N–H and O–H groups in total. The number of phenolic OH excluding ortho intramolecular Hbond substituents is 1. The van der Waals surface area contributed by atoms with Crippen LogP contribution in [0.4, 0.5) is 22.7 Å². The standard InChI is InChI=1S/C30H26N6OS/c1-35(2)26-19-18-22(27(37)20-26)21-31-34-30-36(25-16-10-5-11-17-25)28(32-23-12-6-3-7-13-23)29(38-30)33-24-14-8-4-9-15-24/h3-21,37H,1-2H3/b31-21+,32-28?,33-29?,34-30-. The molecule has 4 aromatic rings. The molecule has 1 heterocycles. The molecule has 5 rings (SSSR count). The van der Waals surface area contributed by atoms with Crippen LogP contribution in [-0.2, 0) is 0 Å². The number of benzene rings is 4. The van der Waals surface area contributed by atoms with Crippen molar-refractivity contribution in [1.82, 2.24) is 0 Å². The van der Waals surface area contributed by atoms with Crippen LogP contribution in [0.2, 0.25) is 0 Å². The lowest BCUT2D eigenvalue weighted by Crippen LogP contribution is -2.30. The molecule has 188 valence electrons. The molecule has 1 aliphatic rings. The first-order valence-corrected chi connectivity index (χ1v) is 12.8. The highest BCUT2D eigenvalue weighted by molar-refractivity contribution is 8.29. The number of phenols is 1. The number of hydrogen-bond acceptors (Lipinski definition) is 7. The van der Waals surface area contributed by atoms with Gasteiger partial charge >= 0.3 is 0 Å². The molecule has 7 nitrogen and oxygen atoms in total. The molecule has 38 heavy (non-hydrogen) atoms. The van der Waals surface area contributed by atoms with Gasteiger partial charge in [-0.1, -0.05) is 54.6 Å². The Kier molecular flexibility index (Phi) is 7.61. The molecule has 1 aliphatic heterocycles. The first-order chi connectivity index (χ1) is 18.6. The number of rotatable bonds is 6. The number of anilines is 2. The van der Waals surface area contributed by atoms with Crippen molar-refractivity contribution in [3.63, 3.8) is 0 Å². The molecule has 0 unspecified atom stereocenters. The Bertz CT molecular complexity index is 1520. The van der Waals surface area contributed by atoms with Crippen LogP contribution in [0.1, 0.15) is 5.56 Å². The molecule has 0 atom stereocenters. The minimum Gasteiger partial charge on any atom is -0.507 e. The highest BCUT2D eigenvalue weighted by Gasteiger charge is 2.34. The summed E-state index contributed by atoms with van der Waals surface area (Å²) in [6.07, 6.45) is 1.55. The Labute approximate surface area is 226 Å². The van der Waals surface area contributed by atoms with Crippen molar-refractivity contribution < 1.29 is 5.11 Å². The molecule has 1 saturated heterocycles. The Hall–Kier alpha value is -4.69. The van der Waals surface area contributed by atoms with Gasteiger partial charge in [-0.3, -0.25) is 4.90 Å². The molecular formula is C30H26N6OS. The first-order valence-electron chi connectivity index (χ1n) is 12.0. The van der Waals surface area contributed by atoms with E-state index in [0.29, 0.717) is 21.6 Å². The fraction of sp³-hybridized carbons (Fsp3) is 0.0667. The van der Waals surface area contributed by atoms with Gasteiger partial charge in [0.05, 0.1) is 17.6 Å². The van der Waals surface area contributed by atoms with Gasteiger partial charge in [0.15, 0.2) is 5.84 Å². The molecule has 0 radical (unpaired) electrons. The van der Waals surface area contributed by atoms with E-state index in [1.807, 2.05) is 127 Å². The molecule has 0 spiro atoms. The van der Waals surface area contributed by atoms with E-state index in [-0.39, 0.29) is 5.75 Å². The van der Waals surface area contributed by atoms with Crippen molar-refractivity contribution in [2.45, 2.75) is 0 Å². The zero-order valence-electron chi connectivity index (χ0n) is 21.0. The van der Waals surface area contributed by atoms with Gasteiger partial charge in [0, 0.05) is 37.1 Å². The van der Waals surface area contributed by atoms with Crippen LogP contribution in [0.3, 0.4) is 0 Å². The molecule has 0 amide bonds. The lowest BCUT2D eigenvalue weighted by Gasteiger charge is -2.17. The molecule has 0 saturated carbocycles. The monoisotopic (exact) mass is 518 g/mol. The van der Waals surface area contributed by atoms with Gasteiger partial charge in [-0.25, -0.2) is 9.98 Å². The van der Waals surface area contributed by atoms with E-state index in [1.165, 1.54) is 11.8 Å². The molecule has 0 aromatic heterocycles. The topological polar surface area (TPSA) is 76.2 Å². The number of thioether (sulfide) groups is 1. The third kappa shape index (κ3) is 5.82. The summed E-state index contributed by atoms with van der Waals surface area (Å²) >= 11 is 1.39. The number of amidine groups is 2. The zero-order chi connectivity index (χ0) is 26.3. The average Bonchev–Trinajstić information content (AvgIpc) is 3.27. The quantitative estimate of drug-likeness (QED) is 0.223. The number of aliphatic imine (C=N–C) groups is 2. The molecule has 4 aromatic carbocycles. The van der Waals surface area contributed by atoms with Gasteiger partial charge in [-0.15, -0.1) is 5.10 Å². The van der Waals surface area contributed by atoms with Crippen LogP contribution in [0.15, 0.2) is 129 Å². The third-order valence-corrected chi connectivity index (χ3v) is 6.56. The van der Waals surface area contributed by atoms with E-state index in [1.54, 1.807) is 12.3 Å². The maximum Gasteiger partial charge on any atom is 0.202 e. The van der Waals surface area contributed by atoms with Gasteiger partial charge < -0.3 is 10.0 Å². The highest BCUT2D eigenvalue weighted by atomic mass is 32.2. The van der Waals surface area contributed by atoms with Crippen molar-refractivity contribution in [3.8, 4) is 5.75 Å². The summed E-state index contributed by atoms with van der Waals surface area (Å²) in [6.45, 7) is 0. The first kappa shape index (κ1) is 25.0. The summed E-state index contributed by atoms with van der Waals surface area (Å²) in [4.78, 5) is 13.7. The summed E-state index contributed by atoms with van der Waals surface area (Å²) < 4.78 is 0. The van der Waals surface area contributed by atoms with E-state index < -0.39 is 0 Å². The van der Waals surface area contributed by atoms with Gasteiger partial charge in [0.1, 0.15) is 10.8 Å². The summed E-state index contributed by atoms with van der Waals surface area (Å²) in [5, 5.41) is 20.6. The lowest BCUT2D eigenvalue weighted by atomic mass is 10.2. The smallest absolute Gasteiger partial charge is 0.202 e. The van der Waals surface area contributed by atoms with Crippen LogP contribution in [-0.4, -0.2) is 41.5 Å². The largest absolute Gasteiger partial charge is 0.507 e. The van der Waals surface area contributed by atoms with E-state index in [9.17, 15) is 5.11 Å². The van der Waals surface area contributed by atoms with Gasteiger partial charge in [-0.05, 0) is 60.3 Å². The number of aromatic hydroxyl groups is 1. The second kappa shape index (κ2) is 11.6. The summed E-state index contributed by atoms with van der Waals surface area (Å²) in [6, 6.07) is 34.9. The van der Waals surface area contributed by atoms with Crippen LogP contribution >= 0.6 is 11.8 Å². The molecular weight excluding hydrogens is 492 g/mol. The molecule has 1 fully saturated rings. The Morgan fingerprint density at radius 2 is 1.37 bits per heavy atom. The zero-order valence-corrected chi connectivity index (χ0v) is 21.8. The Balaban J connectivity index is 1.58. The highest BCUT2D eigenvalue weighted by Crippen LogP contribution is 2.33. The van der Waals surface area contributed by atoms with Crippen molar-refractivity contribution >= 4 is 56.8 Å². The minimum absolute atomic E-state index is 0.136. The van der Waals surface area contributed by atoms with Crippen LogP contribution in [0.5, 0.6) is 5.75 Å². The van der Waals surface area contributed by atoms with Gasteiger partial charge in [0.25, 0.3) is 0 Å². The maximum atomic E-state index is 10.5. The maximum absolute atomic E-state index is 10.5. The van der Waals surface area contributed by atoms with Crippen LogP contribution in [0, 0.1) is 0 Å². The third-order valence-electron chi connectivity index (χ3n) is 5.65. The molecule has 8 heteroatoms. The van der Waals surface area contributed by atoms with E-state index in [2.05, 4.69) is 10.2 Å². The van der Waals surface area contributed by atoms with Crippen LogP contribution in [0.25, 0.3) is 0 Å². The lowest BCUT2D eigenvalue weighted by molar-refractivity contribution is 0.474. The summed E-state index contributed by atoms with van der Waals surface area (Å²) in [7, 11) is 3.85. The minimum atomic E-state index is 0.136. The predicted octanol–water partition coefficient (Wildman–Crippen LogP) is 6.86.